The lowest BCUT2D eigenvalue weighted by molar-refractivity contribution is 0.414. The Morgan fingerprint density at radius 1 is 1.38 bits per heavy atom. The lowest BCUT2D eigenvalue weighted by Gasteiger charge is -2.02. The normalized spacial score (nSPS) is 11.1. The summed E-state index contributed by atoms with van der Waals surface area (Å²) in [5.41, 5.74) is 3.88. The van der Waals surface area contributed by atoms with Crippen LogP contribution in [0.15, 0.2) is 40.5 Å². The van der Waals surface area contributed by atoms with E-state index < -0.39 is 0 Å². The van der Waals surface area contributed by atoms with Crippen LogP contribution in [0.2, 0.25) is 0 Å². The molecule has 3 N–H and O–H groups in total. The largest absolute Gasteiger partial charge is 0.496 e. The molecule has 2 aromatic heterocycles. The van der Waals surface area contributed by atoms with Crippen LogP contribution in [0.4, 0.5) is 5.95 Å². The van der Waals surface area contributed by atoms with Gasteiger partial charge in [-0.2, -0.15) is 10.1 Å². The summed E-state index contributed by atoms with van der Waals surface area (Å²) in [6.07, 6.45) is 2.90. The number of fused-ring (bicyclic) bond motifs is 1. The number of hydrazone groups is 1. The number of hydrogen-bond donors (Lipinski definition) is 3. The fourth-order valence-corrected chi connectivity index (χ4v) is 1.83. The van der Waals surface area contributed by atoms with Crippen molar-refractivity contribution >= 4 is 23.3 Å². The Morgan fingerprint density at radius 2 is 2.24 bits per heavy atom. The van der Waals surface area contributed by atoms with Crippen molar-refractivity contribution in [1.29, 1.82) is 0 Å². The molecule has 0 bridgehead atoms. The molecule has 0 amide bonds. The lowest BCUT2D eigenvalue weighted by atomic mass is 10.2. The molecule has 3 rings (SSSR count). The topological polar surface area (TPSA) is 108 Å². The summed E-state index contributed by atoms with van der Waals surface area (Å²) in [4.78, 5) is 24.8. The molecule has 0 saturated heterocycles. The van der Waals surface area contributed by atoms with Gasteiger partial charge in [-0.15, -0.1) is 0 Å². The summed E-state index contributed by atoms with van der Waals surface area (Å²) < 4.78 is 5.21. The number of ether oxygens (including phenoxy) is 1. The summed E-state index contributed by atoms with van der Waals surface area (Å²) in [5.74, 6) is 1.05. The highest BCUT2D eigenvalue weighted by molar-refractivity contribution is 5.84. The minimum atomic E-state index is -0.283. The molecule has 0 aliphatic heterocycles. The van der Waals surface area contributed by atoms with Gasteiger partial charge >= 0.3 is 0 Å². The van der Waals surface area contributed by atoms with Gasteiger partial charge in [-0.25, -0.2) is 10.4 Å². The number of imidazole rings is 1. The molecule has 8 heteroatoms. The number of rotatable bonds is 4. The van der Waals surface area contributed by atoms with Crippen LogP contribution in [-0.2, 0) is 0 Å². The minimum absolute atomic E-state index is 0.283. The summed E-state index contributed by atoms with van der Waals surface area (Å²) in [7, 11) is 1.59. The molecule has 0 radical (unpaired) electrons. The number of H-pyrrole nitrogens is 2. The van der Waals surface area contributed by atoms with Crippen molar-refractivity contribution in [3.63, 3.8) is 0 Å². The first kappa shape index (κ1) is 12.9. The van der Waals surface area contributed by atoms with Crippen molar-refractivity contribution < 1.29 is 4.74 Å². The SMILES string of the molecule is COc1ccccc1/C=N/Nc1nc2nc[nH]c(=O)c2[nH]1. The van der Waals surface area contributed by atoms with E-state index >= 15 is 0 Å². The highest BCUT2D eigenvalue weighted by Gasteiger charge is 2.05. The van der Waals surface area contributed by atoms with Gasteiger partial charge < -0.3 is 14.7 Å². The van der Waals surface area contributed by atoms with E-state index in [1.165, 1.54) is 6.33 Å². The Morgan fingerprint density at radius 3 is 3.05 bits per heavy atom. The molecule has 2 heterocycles. The zero-order valence-electron chi connectivity index (χ0n) is 11.1. The number of hydrogen-bond acceptors (Lipinski definition) is 6. The third kappa shape index (κ3) is 2.59. The molecular formula is C13H12N6O2. The number of nitrogens with one attached hydrogen (secondary N) is 3. The molecule has 0 saturated carbocycles. The van der Waals surface area contributed by atoms with Crippen LogP contribution in [0.25, 0.3) is 11.2 Å². The van der Waals surface area contributed by atoms with Crippen molar-refractivity contribution in [1.82, 2.24) is 19.9 Å². The maximum absolute atomic E-state index is 11.5. The van der Waals surface area contributed by atoms with Gasteiger partial charge in [-0.05, 0) is 12.1 Å². The Hall–Kier alpha value is -3.16. The lowest BCUT2D eigenvalue weighted by Crippen LogP contribution is -2.05. The van der Waals surface area contributed by atoms with Crippen LogP contribution < -0.4 is 15.7 Å². The van der Waals surface area contributed by atoms with Crippen LogP contribution in [0.1, 0.15) is 5.56 Å². The number of aromatic amines is 2. The first-order chi connectivity index (χ1) is 10.3. The number of nitrogens with zero attached hydrogens (tertiary/aromatic N) is 3. The molecule has 3 aromatic rings. The van der Waals surface area contributed by atoms with Crippen molar-refractivity contribution in [2.75, 3.05) is 12.5 Å². The van der Waals surface area contributed by atoms with Crippen LogP contribution in [0.3, 0.4) is 0 Å². The third-order valence-electron chi connectivity index (χ3n) is 2.81. The maximum atomic E-state index is 11.5. The molecule has 0 aliphatic rings. The van der Waals surface area contributed by atoms with Gasteiger partial charge in [0.2, 0.25) is 5.95 Å². The monoisotopic (exact) mass is 284 g/mol. The zero-order valence-corrected chi connectivity index (χ0v) is 11.1. The van der Waals surface area contributed by atoms with Crippen molar-refractivity contribution in [3.8, 4) is 5.75 Å². The fraction of sp³-hybridized carbons (Fsp3) is 0.0769. The number of anilines is 1. The first-order valence-corrected chi connectivity index (χ1v) is 6.13. The summed E-state index contributed by atoms with van der Waals surface area (Å²) >= 11 is 0. The summed E-state index contributed by atoms with van der Waals surface area (Å²) in [6, 6.07) is 7.47. The van der Waals surface area contributed by atoms with Crippen LogP contribution in [0, 0.1) is 0 Å². The van der Waals surface area contributed by atoms with E-state index in [1.54, 1.807) is 13.3 Å². The predicted octanol–water partition coefficient (Wildman–Crippen LogP) is 1.10. The van der Waals surface area contributed by atoms with Gasteiger partial charge in [0, 0.05) is 5.56 Å². The standard InChI is InChI=1S/C13H12N6O2/c1-21-9-5-3-2-4-8(9)6-16-19-13-17-10-11(18-13)14-7-15-12(10)20/h2-7H,1H3,(H3,14,15,17,18,19,20)/b16-6+. The highest BCUT2D eigenvalue weighted by Crippen LogP contribution is 2.14. The summed E-state index contributed by atoms with van der Waals surface area (Å²) in [6.45, 7) is 0. The molecule has 0 aliphatic carbocycles. The number of para-hydroxylation sites is 1. The average molecular weight is 284 g/mol. The second kappa shape index (κ2) is 5.45. The first-order valence-electron chi connectivity index (χ1n) is 6.13. The fourth-order valence-electron chi connectivity index (χ4n) is 1.83. The van der Waals surface area contributed by atoms with Crippen molar-refractivity contribution in [3.05, 3.63) is 46.5 Å². The molecular weight excluding hydrogens is 272 g/mol. The quantitative estimate of drug-likeness (QED) is 0.491. The van der Waals surface area contributed by atoms with E-state index in [2.05, 4.69) is 30.5 Å². The molecule has 0 unspecified atom stereocenters. The second-order valence-electron chi connectivity index (χ2n) is 4.13. The van der Waals surface area contributed by atoms with E-state index in [0.717, 1.165) is 5.56 Å². The molecule has 0 fully saturated rings. The Balaban J connectivity index is 1.81. The third-order valence-corrected chi connectivity index (χ3v) is 2.81. The van der Waals surface area contributed by atoms with Crippen LogP contribution in [0.5, 0.6) is 5.75 Å². The molecule has 0 spiro atoms. The number of methoxy groups -OCH3 is 1. The molecule has 8 nitrogen and oxygen atoms in total. The smallest absolute Gasteiger partial charge is 0.276 e. The Labute approximate surface area is 118 Å². The highest BCUT2D eigenvalue weighted by atomic mass is 16.5. The molecule has 106 valence electrons. The Bertz CT molecular complexity index is 851. The van der Waals surface area contributed by atoms with Crippen LogP contribution >= 0.6 is 0 Å². The predicted molar refractivity (Wildman–Crippen MR) is 78.7 cm³/mol. The number of benzene rings is 1. The second-order valence-corrected chi connectivity index (χ2v) is 4.13. The zero-order chi connectivity index (χ0) is 14.7. The van der Waals surface area contributed by atoms with Crippen LogP contribution in [-0.4, -0.2) is 33.3 Å². The maximum Gasteiger partial charge on any atom is 0.276 e. The molecule has 0 atom stereocenters. The van der Waals surface area contributed by atoms with E-state index in [1.807, 2.05) is 24.3 Å². The van der Waals surface area contributed by atoms with Gasteiger partial charge in [0.1, 0.15) is 5.75 Å². The van der Waals surface area contributed by atoms with Crippen molar-refractivity contribution in [2.24, 2.45) is 5.10 Å². The van der Waals surface area contributed by atoms with Gasteiger partial charge in [0.05, 0.1) is 19.7 Å². The van der Waals surface area contributed by atoms with E-state index in [0.29, 0.717) is 22.9 Å². The number of aromatic nitrogens is 4. The van der Waals surface area contributed by atoms with Gasteiger partial charge in [-0.3, -0.25) is 4.79 Å². The van der Waals surface area contributed by atoms with E-state index in [9.17, 15) is 4.79 Å². The minimum Gasteiger partial charge on any atom is -0.496 e. The molecule has 1 aromatic carbocycles. The van der Waals surface area contributed by atoms with Gasteiger partial charge in [0.15, 0.2) is 11.2 Å². The van der Waals surface area contributed by atoms with Gasteiger partial charge in [0.25, 0.3) is 5.56 Å². The van der Waals surface area contributed by atoms with E-state index in [-0.39, 0.29) is 5.56 Å². The summed E-state index contributed by atoms with van der Waals surface area (Å²) in [5, 5.41) is 4.06. The van der Waals surface area contributed by atoms with Crippen molar-refractivity contribution in [2.45, 2.75) is 0 Å². The average Bonchev–Trinajstić information content (AvgIpc) is 2.92. The van der Waals surface area contributed by atoms with E-state index in [4.69, 9.17) is 4.74 Å². The van der Waals surface area contributed by atoms with Gasteiger partial charge in [-0.1, -0.05) is 12.1 Å². The Kier molecular flexibility index (Phi) is 3.34. The molecule has 21 heavy (non-hydrogen) atoms.